The third-order valence-corrected chi connectivity index (χ3v) is 7.96. The number of carbonyl (C=O) groups excluding carboxylic acids is 2. The number of aryl methyl sites for hydroxylation is 1. The Bertz CT molecular complexity index is 1450. The number of nitrogens with one attached hydrogen (secondary N) is 2. The molecule has 1 amide bonds. The summed E-state index contributed by atoms with van der Waals surface area (Å²) in [7, 11) is 0. The molecule has 0 aliphatic heterocycles. The van der Waals surface area contributed by atoms with Crippen molar-refractivity contribution in [2.45, 2.75) is 45.6 Å². The zero-order valence-electron chi connectivity index (χ0n) is 18.8. The molecular formula is C25H23N3O4S2. The lowest BCUT2D eigenvalue weighted by Crippen LogP contribution is -2.19. The van der Waals surface area contributed by atoms with E-state index in [1.165, 1.54) is 29.6 Å². The number of hydrogen-bond acceptors (Lipinski definition) is 7. The molecule has 3 aromatic heterocycles. The lowest BCUT2D eigenvalue weighted by Gasteiger charge is -2.16. The molecule has 1 aromatic carbocycles. The second-order valence-electron chi connectivity index (χ2n) is 8.29. The number of aromatic nitrogens is 2. The SMILES string of the molecule is CC(=O)Nc1sc2c(c1C(=O)O[C@@H](C)c1nc3scc(-c4ccccc4)c3c(=O)[nH]1)CCCC2. The third kappa shape index (κ3) is 4.17. The Kier molecular flexibility index (Phi) is 6.05. The summed E-state index contributed by atoms with van der Waals surface area (Å²) in [5, 5.41) is 5.75. The number of rotatable bonds is 5. The second kappa shape index (κ2) is 9.15. The number of benzene rings is 1. The highest BCUT2D eigenvalue weighted by Gasteiger charge is 2.29. The standard InChI is InChI=1S/C25H23N3O4S2/c1-13(32-25(31)20-16-10-6-7-11-18(16)34-24(20)26-14(2)29)21-27-22(30)19-17(12-33-23(19)28-21)15-8-4-3-5-9-15/h3-5,8-9,12-13H,6-7,10-11H2,1-2H3,(H,26,29)(H,27,28,30)/t13-/m0/s1. The summed E-state index contributed by atoms with van der Waals surface area (Å²) < 4.78 is 5.75. The maximum Gasteiger partial charge on any atom is 0.342 e. The first kappa shape index (κ1) is 22.5. The van der Waals surface area contributed by atoms with E-state index < -0.39 is 12.1 Å². The highest BCUT2D eigenvalue weighted by molar-refractivity contribution is 7.17. The van der Waals surface area contributed by atoms with Crippen molar-refractivity contribution in [1.82, 2.24) is 9.97 Å². The molecule has 0 saturated heterocycles. The summed E-state index contributed by atoms with van der Waals surface area (Å²) in [5.41, 5.74) is 2.89. The van der Waals surface area contributed by atoms with Crippen LogP contribution in [0.1, 0.15) is 59.4 Å². The van der Waals surface area contributed by atoms with E-state index in [1.54, 1.807) is 6.92 Å². The van der Waals surface area contributed by atoms with Crippen molar-refractivity contribution in [3.05, 3.63) is 67.9 Å². The molecule has 174 valence electrons. The van der Waals surface area contributed by atoms with Crippen LogP contribution in [0.15, 0.2) is 40.5 Å². The maximum absolute atomic E-state index is 13.2. The van der Waals surface area contributed by atoms with Crippen LogP contribution in [0.5, 0.6) is 0 Å². The molecule has 1 aliphatic carbocycles. The average molecular weight is 494 g/mol. The summed E-state index contributed by atoms with van der Waals surface area (Å²) >= 11 is 2.82. The number of amides is 1. The minimum Gasteiger partial charge on any atom is -0.451 e. The fourth-order valence-electron chi connectivity index (χ4n) is 4.29. The monoisotopic (exact) mass is 493 g/mol. The minimum atomic E-state index is -0.767. The van der Waals surface area contributed by atoms with Crippen molar-refractivity contribution >= 4 is 49.8 Å². The van der Waals surface area contributed by atoms with Gasteiger partial charge < -0.3 is 15.0 Å². The van der Waals surface area contributed by atoms with Crippen molar-refractivity contribution < 1.29 is 14.3 Å². The van der Waals surface area contributed by atoms with Gasteiger partial charge in [0.25, 0.3) is 5.56 Å². The largest absolute Gasteiger partial charge is 0.451 e. The molecule has 0 fully saturated rings. The molecule has 0 unspecified atom stereocenters. The first-order chi connectivity index (χ1) is 16.4. The summed E-state index contributed by atoms with van der Waals surface area (Å²) in [6.07, 6.45) is 2.96. The molecule has 0 bridgehead atoms. The van der Waals surface area contributed by atoms with Gasteiger partial charge in [0.2, 0.25) is 5.91 Å². The van der Waals surface area contributed by atoms with Crippen LogP contribution in [0.25, 0.3) is 21.3 Å². The zero-order valence-corrected chi connectivity index (χ0v) is 20.4. The fourth-order valence-corrected chi connectivity index (χ4v) is 6.57. The van der Waals surface area contributed by atoms with Gasteiger partial charge in [-0.05, 0) is 43.7 Å². The van der Waals surface area contributed by atoms with Crippen LogP contribution in [0, 0.1) is 0 Å². The van der Waals surface area contributed by atoms with Crippen molar-refractivity contribution in [2.75, 3.05) is 5.32 Å². The number of nitrogens with zero attached hydrogens (tertiary/aromatic N) is 1. The number of anilines is 1. The van der Waals surface area contributed by atoms with Gasteiger partial charge in [-0.15, -0.1) is 22.7 Å². The van der Waals surface area contributed by atoms with Gasteiger partial charge >= 0.3 is 5.97 Å². The van der Waals surface area contributed by atoms with Crippen molar-refractivity contribution in [3.63, 3.8) is 0 Å². The quantitative estimate of drug-likeness (QED) is 0.359. The average Bonchev–Trinajstić information content (AvgIpc) is 3.40. The van der Waals surface area contributed by atoms with Crippen molar-refractivity contribution in [1.29, 1.82) is 0 Å². The van der Waals surface area contributed by atoms with Crippen LogP contribution in [-0.2, 0) is 22.4 Å². The van der Waals surface area contributed by atoms with E-state index >= 15 is 0 Å². The second-order valence-corrected chi connectivity index (χ2v) is 10.3. The van der Waals surface area contributed by atoms with E-state index in [0.29, 0.717) is 20.8 Å². The predicted octanol–water partition coefficient (Wildman–Crippen LogP) is 5.47. The number of thiophene rings is 2. The summed E-state index contributed by atoms with van der Waals surface area (Å²) in [5.74, 6) is -0.462. The number of hydrogen-bond donors (Lipinski definition) is 2. The molecule has 1 atom stereocenters. The predicted molar refractivity (Wildman–Crippen MR) is 135 cm³/mol. The summed E-state index contributed by atoms with van der Waals surface area (Å²) in [6, 6.07) is 9.68. The lowest BCUT2D eigenvalue weighted by molar-refractivity contribution is -0.114. The van der Waals surface area contributed by atoms with Crippen molar-refractivity contribution in [3.8, 4) is 11.1 Å². The van der Waals surface area contributed by atoms with Crippen LogP contribution in [0.4, 0.5) is 5.00 Å². The van der Waals surface area contributed by atoms with Gasteiger partial charge in [0, 0.05) is 22.7 Å². The molecule has 34 heavy (non-hydrogen) atoms. The number of aromatic amines is 1. The zero-order chi connectivity index (χ0) is 23.8. The molecule has 0 spiro atoms. The van der Waals surface area contributed by atoms with Crippen molar-refractivity contribution in [2.24, 2.45) is 0 Å². The topological polar surface area (TPSA) is 101 Å². The number of esters is 1. The molecule has 7 nitrogen and oxygen atoms in total. The Labute approximate surface area is 203 Å². The van der Waals surface area contributed by atoms with E-state index in [-0.39, 0.29) is 17.3 Å². The molecule has 3 heterocycles. The summed E-state index contributed by atoms with van der Waals surface area (Å²) in [4.78, 5) is 47.0. The van der Waals surface area contributed by atoms with Gasteiger partial charge in [-0.2, -0.15) is 0 Å². The van der Waals surface area contributed by atoms with Crippen LogP contribution >= 0.6 is 22.7 Å². The molecule has 0 radical (unpaired) electrons. The Hall–Kier alpha value is -3.30. The third-order valence-electron chi connectivity index (χ3n) is 5.88. The van der Waals surface area contributed by atoms with E-state index in [0.717, 1.165) is 47.3 Å². The summed E-state index contributed by atoms with van der Waals surface area (Å²) in [6.45, 7) is 3.11. The highest BCUT2D eigenvalue weighted by Crippen LogP contribution is 2.39. The van der Waals surface area contributed by atoms with Gasteiger partial charge in [0.15, 0.2) is 11.9 Å². The normalized spacial score (nSPS) is 13.9. The minimum absolute atomic E-state index is 0.232. The molecule has 5 rings (SSSR count). The Morgan fingerprint density at radius 1 is 1.18 bits per heavy atom. The molecular weight excluding hydrogens is 470 g/mol. The van der Waals surface area contributed by atoms with Gasteiger partial charge in [-0.25, -0.2) is 9.78 Å². The highest BCUT2D eigenvalue weighted by atomic mass is 32.1. The van der Waals surface area contributed by atoms with Gasteiger partial charge in [0.05, 0.1) is 10.9 Å². The number of ether oxygens (including phenoxy) is 1. The number of carbonyl (C=O) groups is 2. The van der Waals surface area contributed by atoms with E-state index in [9.17, 15) is 14.4 Å². The molecule has 1 aliphatic rings. The van der Waals surface area contributed by atoms with Gasteiger partial charge in [-0.3, -0.25) is 9.59 Å². The number of fused-ring (bicyclic) bond motifs is 2. The van der Waals surface area contributed by atoms with E-state index in [2.05, 4.69) is 15.3 Å². The molecule has 9 heteroatoms. The van der Waals surface area contributed by atoms with Gasteiger partial charge in [0.1, 0.15) is 9.83 Å². The molecule has 4 aromatic rings. The van der Waals surface area contributed by atoms with E-state index in [4.69, 9.17) is 4.74 Å². The van der Waals surface area contributed by atoms with Crippen LogP contribution in [0.2, 0.25) is 0 Å². The van der Waals surface area contributed by atoms with Crippen LogP contribution in [0.3, 0.4) is 0 Å². The number of H-pyrrole nitrogens is 1. The van der Waals surface area contributed by atoms with Crippen LogP contribution in [-0.4, -0.2) is 21.8 Å². The Morgan fingerprint density at radius 2 is 1.94 bits per heavy atom. The Balaban J connectivity index is 1.45. The molecule has 2 N–H and O–H groups in total. The fraction of sp³-hybridized carbons (Fsp3) is 0.280. The maximum atomic E-state index is 13.2. The lowest BCUT2D eigenvalue weighted by atomic mass is 9.95. The van der Waals surface area contributed by atoms with Crippen LogP contribution < -0.4 is 10.9 Å². The molecule has 0 saturated carbocycles. The van der Waals surface area contributed by atoms with E-state index in [1.807, 2.05) is 35.7 Å². The Morgan fingerprint density at radius 3 is 2.71 bits per heavy atom. The first-order valence-corrected chi connectivity index (χ1v) is 12.8. The first-order valence-electron chi connectivity index (χ1n) is 11.1. The smallest absolute Gasteiger partial charge is 0.342 e. The van der Waals surface area contributed by atoms with Gasteiger partial charge in [-0.1, -0.05) is 30.3 Å².